The second-order valence-electron chi connectivity index (χ2n) is 11.0. The molecule has 4 aromatic rings. The molecule has 248 valence electrons. The van der Waals surface area contributed by atoms with E-state index in [2.05, 4.69) is 5.32 Å². The van der Waals surface area contributed by atoms with Gasteiger partial charge < -0.3 is 9.47 Å². The van der Waals surface area contributed by atoms with Gasteiger partial charge in [0.2, 0.25) is 0 Å². The van der Waals surface area contributed by atoms with Gasteiger partial charge in [0.1, 0.15) is 11.5 Å². The molecule has 0 aliphatic carbocycles. The molecule has 0 aromatic heterocycles. The topological polar surface area (TPSA) is 211 Å². The number of amides is 4. The molecule has 0 unspecified atom stereocenters. The largest absolute Gasteiger partial charge is 0.493 e. The first kappa shape index (κ1) is 32.8. The molecule has 0 fully saturated rings. The molecule has 48 heavy (non-hydrogen) atoms. The monoisotopic (exact) mass is 694 g/mol. The minimum Gasteiger partial charge on any atom is -0.493 e. The molecule has 2 heterocycles. The summed E-state index contributed by atoms with van der Waals surface area (Å²) in [5.41, 5.74) is 1.48. The summed E-state index contributed by atoms with van der Waals surface area (Å²) in [5, 5.41) is 2.65. The number of rotatable bonds is 12. The second-order valence-corrected chi connectivity index (χ2v) is 14.1. The summed E-state index contributed by atoms with van der Waals surface area (Å²) in [4.78, 5) is 53.8. The third-order valence-corrected chi connectivity index (χ3v) is 9.36. The van der Waals surface area contributed by atoms with Crippen molar-refractivity contribution in [2.24, 2.45) is 0 Å². The van der Waals surface area contributed by atoms with E-state index in [1.165, 1.54) is 36.4 Å². The van der Waals surface area contributed by atoms with Gasteiger partial charge in [0, 0.05) is 50.2 Å². The zero-order chi connectivity index (χ0) is 34.4. The third kappa shape index (κ3) is 6.37. The molecule has 14 nitrogen and oxygen atoms in total. The van der Waals surface area contributed by atoms with E-state index >= 15 is 0 Å². The maximum atomic E-state index is 13.9. The lowest BCUT2D eigenvalue weighted by atomic mass is 9.86. The van der Waals surface area contributed by atoms with Crippen molar-refractivity contribution >= 4 is 60.3 Å². The minimum absolute atomic E-state index is 0.000324. The number of anilines is 1. The smallest absolute Gasteiger partial charge is 0.265 e. The fourth-order valence-electron chi connectivity index (χ4n) is 5.69. The van der Waals surface area contributed by atoms with E-state index in [0.29, 0.717) is 16.9 Å². The van der Waals surface area contributed by atoms with Crippen molar-refractivity contribution in [1.82, 2.24) is 5.32 Å². The maximum absolute atomic E-state index is 13.9. The molecule has 0 saturated carbocycles. The molecule has 3 N–H and O–H groups in total. The number of carbonyl (C=O) groups is 4. The van der Waals surface area contributed by atoms with Crippen molar-refractivity contribution < 1.29 is 54.6 Å². The molecule has 2 aliphatic rings. The van der Waals surface area contributed by atoms with Gasteiger partial charge in [-0.25, -0.2) is 4.90 Å². The second kappa shape index (κ2) is 12.5. The summed E-state index contributed by atoms with van der Waals surface area (Å²) in [7, 11) is -8.46. The van der Waals surface area contributed by atoms with Gasteiger partial charge in [-0.2, -0.15) is 16.8 Å². The van der Waals surface area contributed by atoms with Gasteiger partial charge in [0.05, 0.1) is 30.4 Å². The number of imide groups is 2. The fourth-order valence-corrected chi connectivity index (χ4v) is 6.66. The normalized spacial score (nSPS) is 14.3. The summed E-state index contributed by atoms with van der Waals surface area (Å²) < 4.78 is 74.7. The standard InChI is InChI=1S/C32H26N2O12S2/c35-29-21-9-11-23-28-24(12-10-22(27(21)28)30(36)33-29)32(38)34(31(23)37)18-7-8-20(26(17-18)46-14-4-16-48(42,43)44)19-5-1-2-6-25(19)45-13-3-15-47(39,40)41/h1-2,5-12,17H,3-4,13-16H2,(H,33,35,36)(H,39,40,41)(H,42,43,44). The van der Waals surface area contributed by atoms with Crippen LogP contribution >= 0.6 is 0 Å². The van der Waals surface area contributed by atoms with Crippen LogP contribution in [0.4, 0.5) is 5.69 Å². The molecule has 0 bridgehead atoms. The number of benzene rings is 4. The van der Waals surface area contributed by atoms with Crippen LogP contribution in [0.1, 0.15) is 54.3 Å². The molecule has 0 atom stereocenters. The van der Waals surface area contributed by atoms with E-state index in [4.69, 9.17) is 18.6 Å². The van der Waals surface area contributed by atoms with Gasteiger partial charge in [-0.3, -0.25) is 33.6 Å². The Hall–Kier alpha value is -5.16. The number of nitrogens with zero attached hydrogens (tertiary/aromatic N) is 1. The van der Waals surface area contributed by atoms with Crippen LogP contribution in [0, 0.1) is 0 Å². The Morgan fingerprint density at radius 1 is 0.583 bits per heavy atom. The van der Waals surface area contributed by atoms with E-state index in [0.717, 1.165) is 4.90 Å². The van der Waals surface area contributed by atoms with Crippen molar-refractivity contribution in [3.63, 3.8) is 0 Å². The molecular formula is C32H26N2O12S2. The van der Waals surface area contributed by atoms with Gasteiger partial charge in [-0.05, 0) is 55.3 Å². The molecule has 0 saturated heterocycles. The molecule has 0 spiro atoms. The lowest BCUT2D eigenvalue weighted by Gasteiger charge is -2.29. The van der Waals surface area contributed by atoms with Crippen LogP contribution in [0.25, 0.3) is 21.9 Å². The van der Waals surface area contributed by atoms with E-state index in [1.807, 2.05) is 0 Å². The highest BCUT2D eigenvalue weighted by Crippen LogP contribution is 2.42. The Bertz CT molecular complexity index is 2200. The first-order valence-electron chi connectivity index (χ1n) is 14.5. The van der Waals surface area contributed by atoms with Crippen LogP contribution in [0.3, 0.4) is 0 Å². The zero-order valence-corrected chi connectivity index (χ0v) is 26.5. The van der Waals surface area contributed by atoms with Gasteiger partial charge in [-0.1, -0.05) is 18.2 Å². The minimum atomic E-state index is -4.27. The summed E-state index contributed by atoms with van der Waals surface area (Å²) in [5.74, 6) is -3.38. The highest BCUT2D eigenvalue weighted by Gasteiger charge is 2.38. The predicted octanol–water partition coefficient (Wildman–Crippen LogP) is 3.50. The van der Waals surface area contributed by atoms with Crippen molar-refractivity contribution in [2.45, 2.75) is 12.8 Å². The number of para-hydroxylation sites is 1. The quantitative estimate of drug-likeness (QED) is 0.111. The van der Waals surface area contributed by atoms with Crippen LogP contribution < -0.4 is 19.7 Å². The number of nitrogens with one attached hydrogen (secondary N) is 1. The van der Waals surface area contributed by atoms with Crippen molar-refractivity contribution in [2.75, 3.05) is 29.6 Å². The summed E-state index contributed by atoms with van der Waals surface area (Å²) in [6.45, 7) is -0.239. The highest BCUT2D eigenvalue weighted by molar-refractivity contribution is 7.86. The first-order chi connectivity index (χ1) is 22.7. The van der Waals surface area contributed by atoms with Crippen LogP contribution in [0.2, 0.25) is 0 Å². The average molecular weight is 695 g/mol. The number of hydrogen-bond acceptors (Lipinski definition) is 10. The van der Waals surface area contributed by atoms with Gasteiger partial charge >= 0.3 is 0 Å². The SMILES string of the molecule is O=C1NC(=O)c2ccc3c4c(ccc1c24)C(=O)N(c1ccc(-c2ccccc2OCCCS(=O)(=O)O)c(OCCCS(=O)(=O)O)c1)C3=O. The van der Waals surface area contributed by atoms with E-state index in [-0.39, 0.29) is 70.5 Å². The Balaban J connectivity index is 1.39. The van der Waals surface area contributed by atoms with Crippen molar-refractivity contribution in [1.29, 1.82) is 0 Å². The maximum Gasteiger partial charge on any atom is 0.265 e. The molecule has 0 radical (unpaired) electrons. The van der Waals surface area contributed by atoms with E-state index in [9.17, 15) is 36.0 Å². The summed E-state index contributed by atoms with van der Waals surface area (Å²) in [6.07, 6.45) is -0.0927. The molecule has 16 heteroatoms. The van der Waals surface area contributed by atoms with Crippen LogP contribution in [-0.2, 0) is 20.2 Å². The number of hydrogen-bond donors (Lipinski definition) is 3. The van der Waals surface area contributed by atoms with Gasteiger partial charge in [-0.15, -0.1) is 0 Å². The van der Waals surface area contributed by atoms with E-state index in [1.54, 1.807) is 30.3 Å². The summed E-state index contributed by atoms with van der Waals surface area (Å²) in [6, 6.07) is 16.8. The van der Waals surface area contributed by atoms with Gasteiger partial charge in [0.25, 0.3) is 43.9 Å². The Morgan fingerprint density at radius 3 is 1.60 bits per heavy atom. The summed E-state index contributed by atoms with van der Waals surface area (Å²) >= 11 is 0. The van der Waals surface area contributed by atoms with Crippen molar-refractivity contribution in [3.05, 3.63) is 89.0 Å². The third-order valence-electron chi connectivity index (χ3n) is 7.75. The average Bonchev–Trinajstić information content (AvgIpc) is 3.02. The van der Waals surface area contributed by atoms with Gasteiger partial charge in [0.15, 0.2) is 0 Å². The Kier molecular flexibility index (Phi) is 8.51. The van der Waals surface area contributed by atoms with E-state index < -0.39 is 55.4 Å². The Labute approximate surface area is 273 Å². The number of ether oxygens (including phenoxy) is 2. The van der Waals surface area contributed by atoms with Crippen LogP contribution in [0.15, 0.2) is 66.7 Å². The lowest BCUT2D eigenvalue weighted by Crippen LogP contribution is -2.42. The first-order valence-corrected chi connectivity index (χ1v) is 17.7. The molecule has 4 aromatic carbocycles. The van der Waals surface area contributed by atoms with Crippen molar-refractivity contribution in [3.8, 4) is 22.6 Å². The molecule has 4 amide bonds. The molecular weight excluding hydrogens is 668 g/mol. The van der Waals surface area contributed by atoms with Crippen LogP contribution in [-0.4, -0.2) is 74.3 Å². The highest BCUT2D eigenvalue weighted by atomic mass is 32.2. The lowest BCUT2D eigenvalue weighted by molar-refractivity contribution is 0.0837. The molecule has 2 aliphatic heterocycles. The Morgan fingerprint density at radius 2 is 1.04 bits per heavy atom. The predicted molar refractivity (Wildman–Crippen MR) is 172 cm³/mol. The molecule has 6 rings (SSSR count). The van der Waals surface area contributed by atoms with Crippen LogP contribution in [0.5, 0.6) is 11.5 Å². The fraction of sp³-hybridized carbons (Fsp3) is 0.188. The number of carbonyl (C=O) groups excluding carboxylic acids is 4. The zero-order valence-electron chi connectivity index (χ0n) is 24.8.